The highest BCUT2D eigenvalue weighted by molar-refractivity contribution is 14.1. The van der Waals surface area contributed by atoms with Crippen molar-refractivity contribution in [1.29, 1.82) is 0 Å². The summed E-state index contributed by atoms with van der Waals surface area (Å²) in [6, 6.07) is 5.55. The second-order valence-corrected chi connectivity index (χ2v) is 5.57. The van der Waals surface area contributed by atoms with Crippen molar-refractivity contribution in [2.45, 2.75) is 0 Å². The van der Waals surface area contributed by atoms with Gasteiger partial charge in [-0.3, -0.25) is 0 Å². The molecule has 1 aromatic carbocycles. The van der Waals surface area contributed by atoms with Crippen molar-refractivity contribution in [2.75, 3.05) is 0 Å². The van der Waals surface area contributed by atoms with Crippen LogP contribution in [0.25, 0.3) is 10.1 Å². The van der Waals surface area contributed by atoms with Crippen LogP contribution in [0.1, 0.15) is 0 Å². The lowest BCUT2D eigenvalue weighted by Gasteiger charge is -1.95. The van der Waals surface area contributed by atoms with Gasteiger partial charge in [0.05, 0.1) is 4.70 Å². The quantitative estimate of drug-likeness (QED) is 0.577. The van der Waals surface area contributed by atoms with Gasteiger partial charge in [-0.2, -0.15) is 4.39 Å². The number of rotatable bonds is 0. The first-order chi connectivity index (χ1) is 5.68. The summed E-state index contributed by atoms with van der Waals surface area (Å²) < 4.78 is 16.2. The second kappa shape index (κ2) is 3.38. The summed E-state index contributed by atoms with van der Waals surface area (Å²) >= 11 is 5.72. The first-order valence-electron chi connectivity index (χ1n) is 3.21. The van der Waals surface area contributed by atoms with E-state index in [1.54, 1.807) is 6.07 Å². The molecule has 0 aliphatic heterocycles. The van der Waals surface area contributed by atoms with E-state index >= 15 is 0 Å². The molecule has 0 unspecified atom stereocenters. The third-order valence-corrected chi connectivity index (χ3v) is 5.92. The van der Waals surface area contributed by atoms with Gasteiger partial charge in [-0.25, -0.2) is 0 Å². The molecule has 0 N–H and O–H groups in total. The minimum atomic E-state index is -0.107. The molecular weight excluding hydrogens is 401 g/mol. The Morgan fingerprint density at radius 1 is 1.25 bits per heavy atom. The fourth-order valence-electron chi connectivity index (χ4n) is 1.01. The van der Waals surface area contributed by atoms with Crippen molar-refractivity contribution in [3.05, 3.63) is 30.5 Å². The zero-order valence-corrected chi connectivity index (χ0v) is 10.9. The maximum atomic E-state index is 12.8. The molecule has 0 bridgehead atoms. The van der Waals surface area contributed by atoms with Crippen LogP contribution < -0.4 is 0 Å². The van der Waals surface area contributed by atoms with Crippen molar-refractivity contribution in [3.63, 3.8) is 0 Å². The molecule has 2 rings (SSSR count). The molecule has 0 amide bonds. The van der Waals surface area contributed by atoms with Gasteiger partial charge in [0, 0.05) is 7.14 Å². The summed E-state index contributed by atoms with van der Waals surface area (Å²) in [6.07, 6.45) is 0. The third kappa shape index (κ3) is 1.48. The van der Waals surface area contributed by atoms with Crippen LogP contribution in [0, 0.1) is 12.3 Å². The van der Waals surface area contributed by atoms with E-state index in [9.17, 15) is 4.39 Å². The van der Waals surface area contributed by atoms with E-state index in [4.69, 9.17) is 0 Å². The van der Waals surface area contributed by atoms with Crippen LogP contribution in [0.5, 0.6) is 0 Å². The van der Waals surface area contributed by atoms with Gasteiger partial charge < -0.3 is 0 Å². The maximum Gasteiger partial charge on any atom is 0.177 e. The van der Waals surface area contributed by atoms with E-state index in [-0.39, 0.29) is 5.13 Å². The van der Waals surface area contributed by atoms with Crippen molar-refractivity contribution in [2.24, 2.45) is 0 Å². The zero-order chi connectivity index (χ0) is 8.72. The Morgan fingerprint density at radius 2 is 2.00 bits per heavy atom. The molecule has 0 saturated carbocycles. The number of hydrogen-bond donors (Lipinski definition) is 0. The highest BCUT2D eigenvalue weighted by Crippen LogP contribution is 2.31. The fraction of sp³-hybridized carbons (Fsp3) is 0. The second-order valence-electron chi connectivity index (χ2n) is 2.33. The van der Waals surface area contributed by atoms with Crippen molar-refractivity contribution >= 4 is 66.6 Å². The molecule has 12 heavy (non-hydrogen) atoms. The van der Waals surface area contributed by atoms with E-state index < -0.39 is 0 Å². The fourth-order valence-corrected chi connectivity index (χ4v) is 3.29. The summed E-state index contributed by atoms with van der Waals surface area (Å²) in [5.41, 5.74) is 0. The summed E-state index contributed by atoms with van der Waals surface area (Å²) in [6.45, 7) is 0. The van der Waals surface area contributed by atoms with Crippen molar-refractivity contribution < 1.29 is 4.39 Å². The lowest BCUT2D eigenvalue weighted by atomic mass is 10.3. The number of benzene rings is 1. The Labute approximate surface area is 100 Å². The van der Waals surface area contributed by atoms with Gasteiger partial charge in [-0.1, -0.05) is 6.07 Å². The zero-order valence-electron chi connectivity index (χ0n) is 5.77. The van der Waals surface area contributed by atoms with Crippen molar-refractivity contribution in [3.8, 4) is 0 Å². The molecule has 1 heterocycles. The smallest absolute Gasteiger partial charge is 0.177 e. The van der Waals surface area contributed by atoms with Gasteiger partial charge in [-0.15, -0.1) is 11.3 Å². The topological polar surface area (TPSA) is 0 Å². The SMILES string of the molecule is Fc1cc2ccc(I)c(I)c2s1. The molecule has 0 aliphatic carbocycles. The van der Waals surface area contributed by atoms with Gasteiger partial charge in [0.25, 0.3) is 0 Å². The van der Waals surface area contributed by atoms with E-state index in [1.807, 2.05) is 12.1 Å². The van der Waals surface area contributed by atoms with Crippen LogP contribution >= 0.6 is 56.5 Å². The van der Waals surface area contributed by atoms with Crippen LogP contribution in [-0.4, -0.2) is 0 Å². The van der Waals surface area contributed by atoms with Crippen LogP contribution in [0.4, 0.5) is 4.39 Å². The first kappa shape index (κ1) is 9.14. The Morgan fingerprint density at radius 3 is 2.75 bits per heavy atom. The molecule has 4 heteroatoms. The number of fused-ring (bicyclic) bond motifs is 1. The molecule has 0 spiro atoms. The molecular formula is C8H3FI2S. The minimum Gasteiger partial charge on any atom is -0.195 e. The average Bonchev–Trinajstić information content (AvgIpc) is 2.39. The maximum absolute atomic E-state index is 12.8. The van der Waals surface area contributed by atoms with Crippen LogP contribution in [0.3, 0.4) is 0 Å². The molecule has 62 valence electrons. The minimum absolute atomic E-state index is 0.107. The van der Waals surface area contributed by atoms with E-state index in [0.29, 0.717) is 0 Å². The molecule has 2 aromatic rings. The highest BCUT2D eigenvalue weighted by Gasteiger charge is 2.06. The highest BCUT2D eigenvalue weighted by atomic mass is 127. The largest absolute Gasteiger partial charge is 0.195 e. The van der Waals surface area contributed by atoms with E-state index in [1.165, 1.54) is 14.9 Å². The number of halogens is 3. The standard InChI is InChI=1S/C8H3FI2S/c9-6-3-4-1-2-5(10)7(11)8(4)12-6/h1-3H. The van der Waals surface area contributed by atoms with Crippen LogP contribution in [0.15, 0.2) is 18.2 Å². The Bertz CT molecular complexity index is 436. The molecule has 0 saturated heterocycles. The third-order valence-electron chi connectivity index (χ3n) is 1.55. The Hall–Kier alpha value is 0.570. The number of thiophene rings is 1. The monoisotopic (exact) mass is 404 g/mol. The normalized spacial score (nSPS) is 10.9. The van der Waals surface area contributed by atoms with Crippen LogP contribution in [0.2, 0.25) is 0 Å². The van der Waals surface area contributed by atoms with Gasteiger partial charge in [0.15, 0.2) is 5.13 Å². The first-order valence-corrected chi connectivity index (χ1v) is 6.19. The molecule has 1 aromatic heterocycles. The lowest BCUT2D eigenvalue weighted by Crippen LogP contribution is -1.76. The van der Waals surface area contributed by atoms with Crippen LogP contribution in [-0.2, 0) is 0 Å². The van der Waals surface area contributed by atoms with E-state index in [2.05, 4.69) is 45.2 Å². The average molecular weight is 404 g/mol. The Kier molecular flexibility index (Phi) is 2.57. The summed E-state index contributed by atoms with van der Waals surface area (Å²) in [5, 5.41) is 0.896. The molecule has 0 aliphatic rings. The van der Waals surface area contributed by atoms with Gasteiger partial charge in [-0.05, 0) is 62.7 Å². The number of hydrogen-bond acceptors (Lipinski definition) is 1. The Balaban J connectivity index is 2.89. The van der Waals surface area contributed by atoms with Crippen molar-refractivity contribution in [1.82, 2.24) is 0 Å². The predicted octanol–water partition coefficient (Wildman–Crippen LogP) is 4.25. The molecule has 0 atom stereocenters. The van der Waals surface area contributed by atoms with Gasteiger partial charge >= 0.3 is 0 Å². The predicted molar refractivity (Wildman–Crippen MR) is 67.2 cm³/mol. The summed E-state index contributed by atoms with van der Waals surface area (Å²) in [5.74, 6) is 0. The molecule has 0 fully saturated rings. The van der Waals surface area contributed by atoms with Gasteiger partial charge in [0.1, 0.15) is 0 Å². The molecule has 0 nitrogen and oxygen atoms in total. The van der Waals surface area contributed by atoms with E-state index in [0.717, 1.165) is 13.7 Å². The lowest BCUT2D eigenvalue weighted by molar-refractivity contribution is 0.658. The van der Waals surface area contributed by atoms with Gasteiger partial charge in [0.2, 0.25) is 0 Å². The summed E-state index contributed by atoms with van der Waals surface area (Å²) in [7, 11) is 0. The molecule has 0 radical (unpaired) electrons. The summed E-state index contributed by atoms with van der Waals surface area (Å²) in [4.78, 5) is 0.